The Morgan fingerprint density at radius 1 is 0.741 bits per heavy atom. The Morgan fingerprint density at radius 2 is 1.23 bits per heavy atom. The third-order valence-electron chi connectivity index (χ3n) is 18.2. The van der Waals surface area contributed by atoms with E-state index in [0.717, 1.165) is 50.5 Å². The van der Waals surface area contributed by atoms with Gasteiger partial charge in [0.2, 0.25) is 5.78 Å². The van der Waals surface area contributed by atoms with E-state index < -0.39 is 87.4 Å². The van der Waals surface area contributed by atoms with E-state index >= 15 is 0 Å². The summed E-state index contributed by atoms with van der Waals surface area (Å²) in [6.45, 7) is 17.1. The molecule has 3 fully saturated rings. The van der Waals surface area contributed by atoms with E-state index in [1.54, 1.807) is 38.5 Å². The van der Waals surface area contributed by atoms with E-state index in [1.807, 2.05) is 26.0 Å². The number of hydrogen-bond acceptors (Lipinski definition) is 15. The van der Waals surface area contributed by atoms with Gasteiger partial charge in [-0.25, -0.2) is 0 Å². The number of ether oxygens (including phenoxy) is 4. The van der Waals surface area contributed by atoms with Gasteiger partial charge in [-0.2, -0.15) is 0 Å². The predicted octanol–water partition coefficient (Wildman–Crippen LogP) is 12.2. The lowest BCUT2D eigenvalue weighted by Crippen LogP contribution is -2.70. The number of furan rings is 1. The zero-order chi connectivity index (χ0) is 60.0. The zero-order valence-electron chi connectivity index (χ0n) is 50.5. The highest BCUT2D eigenvalue weighted by Crippen LogP contribution is 2.81. The Kier molecular flexibility index (Phi) is 27.6. The lowest BCUT2D eigenvalue weighted by Gasteiger charge is -2.64. The monoisotopic (exact) mass is 1130 g/mol. The fourth-order valence-electron chi connectivity index (χ4n) is 14.4. The first-order valence-corrected chi connectivity index (χ1v) is 30.5. The first kappa shape index (κ1) is 68.9. The summed E-state index contributed by atoms with van der Waals surface area (Å²) in [4.78, 5) is 60.8. The molecule has 456 valence electrons. The molecule has 5 aliphatic rings. The summed E-state index contributed by atoms with van der Waals surface area (Å²) < 4.78 is 27.3. The highest BCUT2D eigenvalue weighted by atomic mass is 16.6. The van der Waals surface area contributed by atoms with E-state index in [2.05, 4.69) is 19.4 Å². The maximum atomic E-state index is 14.3. The maximum absolute atomic E-state index is 14.3. The van der Waals surface area contributed by atoms with Crippen LogP contribution in [0.25, 0.3) is 0 Å². The molecule has 2 saturated carbocycles. The number of carbonyl (C=O) groups is 5. The van der Waals surface area contributed by atoms with Gasteiger partial charge < -0.3 is 48.9 Å². The Hall–Kier alpha value is -4.59. The number of fused-ring (bicyclic) bond motifs is 3. The smallest absolute Gasteiger partial charge is 0.302 e. The van der Waals surface area contributed by atoms with Crippen LogP contribution in [-0.4, -0.2) is 110 Å². The molecular formula is C66H102O15. The molecule has 1 saturated heterocycles. The molecule has 1 spiro atoms. The molecule has 12 atom stereocenters. The van der Waals surface area contributed by atoms with Gasteiger partial charge in [0.25, 0.3) is 0 Å². The van der Waals surface area contributed by atoms with Gasteiger partial charge in [-0.1, -0.05) is 129 Å². The van der Waals surface area contributed by atoms with Crippen molar-refractivity contribution in [2.45, 2.75) is 270 Å². The molecular weight excluding hydrogens is 1030 g/mol. The Morgan fingerprint density at radius 3 is 1.69 bits per heavy atom. The molecule has 81 heavy (non-hydrogen) atoms. The van der Waals surface area contributed by atoms with Crippen LogP contribution in [0.4, 0.5) is 0 Å². The number of aliphatic hydroxyl groups is 5. The van der Waals surface area contributed by atoms with Gasteiger partial charge in [0.15, 0.2) is 11.5 Å². The van der Waals surface area contributed by atoms with E-state index in [1.165, 1.54) is 104 Å². The van der Waals surface area contributed by atoms with Crippen molar-refractivity contribution in [2.24, 2.45) is 27.6 Å². The number of esters is 3. The lowest BCUT2D eigenvalue weighted by molar-refractivity contribution is -0.200. The molecule has 12 unspecified atom stereocenters. The minimum atomic E-state index is -1.17. The molecule has 0 bridgehead atoms. The largest absolute Gasteiger partial charge is 0.504 e. The second-order valence-electron chi connectivity index (χ2n) is 25.0. The Balaban J connectivity index is 0.000000274. The quantitative estimate of drug-likeness (QED) is 0.0110. The predicted molar refractivity (Wildman–Crippen MR) is 311 cm³/mol. The molecule has 1 aromatic heterocycles. The number of rotatable bonds is 33. The minimum absolute atomic E-state index is 0.0286. The normalized spacial score (nSPS) is 27.9. The summed E-state index contributed by atoms with van der Waals surface area (Å²) in [7, 11) is 0. The average Bonchev–Trinajstić information content (AvgIpc) is 1.94. The van der Waals surface area contributed by atoms with Crippen molar-refractivity contribution in [2.75, 3.05) is 13.2 Å². The lowest BCUT2D eigenvalue weighted by atomic mass is 9.38. The molecule has 0 aromatic carbocycles. The molecule has 2 heterocycles. The number of carbonyl (C=O) groups excluding carboxylic acids is 5. The summed E-state index contributed by atoms with van der Waals surface area (Å²) in [5, 5.41) is 50.4. The van der Waals surface area contributed by atoms with E-state index in [9.17, 15) is 49.5 Å². The van der Waals surface area contributed by atoms with Gasteiger partial charge >= 0.3 is 17.9 Å². The van der Waals surface area contributed by atoms with Crippen molar-refractivity contribution >= 4 is 29.5 Å². The van der Waals surface area contributed by atoms with Crippen LogP contribution >= 0.6 is 0 Å². The fourth-order valence-corrected chi connectivity index (χ4v) is 14.4. The van der Waals surface area contributed by atoms with E-state index in [4.69, 9.17) is 29.8 Å². The summed E-state index contributed by atoms with van der Waals surface area (Å²) in [5.74, 6) is 0.0206. The number of ketones is 2. The van der Waals surface area contributed by atoms with Crippen LogP contribution in [-0.2, 0) is 42.9 Å². The van der Waals surface area contributed by atoms with Crippen LogP contribution in [0.3, 0.4) is 0 Å². The van der Waals surface area contributed by atoms with Crippen LogP contribution < -0.4 is 0 Å². The summed E-state index contributed by atoms with van der Waals surface area (Å²) in [6.07, 6.45) is 37.7. The molecule has 5 N–H and O–H groups in total. The van der Waals surface area contributed by atoms with Crippen LogP contribution in [0.1, 0.15) is 234 Å². The zero-order valence-corrected chi connectivity index (χ0v) is 50.5. The van der Waals surface area contributed by atoms with E-state index in [0.29, 0.717) is 31.3 Å². The average molecular weight is 1140 g/mol. The van der Waals surface area contributed by atoms with Crippen molar-refractivity contribution in [1.82, 2.24) is 0 Å². The molecule has 0 amide bonds. The minimum Gasteiger partial charge on any atom is -0.504 e. The highest BCUT2D eigenvalue weighted by molar-refractivity contribution is 6.06. The summed E-state index contributed by atoms with van der Waals surface area (Å²) >= 11 is 0. The van der Waals surface area contributed by atoms with Crippen molar-refractivity contribution in [1.29, 1.82) is 0 Å². The van der Waals surface area contributed by atoms with E-state index in [-0.39, 0.29) is 49.6 Å². The number of terminal acetylenes is 1. The van der Waals surface area contributed by atoms with Crippen LogP contribution in [0.5, 0.6) is 0 Å². The number of hydrogen-bond donors (Lipinski definition) is 5. The van der Waals surface area contributed by atoms with Crippen molar-refractivity contribution in [3.63, 3.8) is 0 Å². The number of unbranched alkanes of at least 4 members (excludes halogenated alkanes) is 18. The van der Waals surface area contributed by atoms with Gasteiger partial charge in [0.1, 0.15) is 24.9 Å². The summed E-state index contributed by atoms with van der Waals surface area (Å²) in [6, 6.07) is 1.95. The van der Waals surface area contributed by atoms with Crippen LogP contribution in [0.15, 0.2) is 59.1 Å². The Bertz CT molecular complexity index is 2280. The standard InChI is InChI=1S/C28H32O7.C19H36O4.C19H34O4/c1-14(29)34-17-12-26(5)16(15-8-10-33-13-15)11-19-28(26,35-19)27(6)21(17)25(4)9-7-18(30)24(2,3)22(25)20(31)23(27)32;2*1-3-4-5-6-7-8-9-10-11-12-13-14-18(21)15-19(22)16-23-17(2)20/h7-10,13,16-17,19,21,31H,11-12H2,1-6H3;3,18-19,21-22H,1,4-16H2,2H3;1,18-19,21-22H,4-16H2,2H3. The maximum Gasteiger partial charge on any atom is 0.302 e. The third-order valence-corrected chi connectivity index (χ3v) is 18.2. The van der Waals surface area contributed by atoms with Crippen LogP contribution in [0.2, 0.25) is 0 Å². The fraction of sp³-hybridized carbons (Fsp3) is 0.742. The molecule has 0 radical (unpaired) electrons. The summed E-state index contributed by atoms with van der Waals surface area (Å²) in [5.41, 5.74) is -3.06. The van der Waals surface area contributed by atoms with Crippen LogP contribution in [0, 0.1) is 39.9 Å². The topological polar surface area (TPSA) is 240 Å². The molecule has 1 aliphatic heterocycles. The first-order valence-electron chi connectivity index (χ1n) is 30.5. The molecule has 6 rings (SSSR count). The van der Waals surface area contributed by atoms with Gasteiger partial charge in [0, 0.05) is 56.8 Å². The molecule has 15 heteroatoms. The van der Waals surface area contributed by atoms with Gasteiger partial charge in [-0.3, -0.25) is 24.0 Å². The van der Waals surface area contributed by atoms with Crippen molar-refractivity contribution in [3.05, 3.63) is 60.3 Å². The first-order chi connectivity index (χ1) is 38.4. The molecule has 15 nitrogen and oxygen atoms in total. The molecule has 4 aliphatic carbocycles. The number of aliphatic hydroxyl groups excluding tert-OH is 5. The second kappa shape index (κ2) is 32.5. The SMILES string of the molecule is C#CCCCCCCCCCCCC(O)CC(O)COC(C)=O.C=CCCCCCCCCCCCC(O)CC(O)COC(C)=O.CC(=O)OC1CC2(C)C(c3ccoc3)CC3OC32C2(C)C(=O)C(O)=C3C(C)(C)C(=O)C=CC3(C)C12. The third kappa shape index (κ3) is 18.0. The van der Waals surface area contributed by atoms with Gasteiger partial charge in [-0.05, 0) is 94.9 Å². The number of Topliss-reactive ketones (excluding diaryl/α,β-unsaturated/α-hetero) is 1. The van der Waals surface area contributed by atoms with Crippen molar-refractivity contribution in [3.8, 4) is 12.3 Å². The second-order valence-corrected chi connectivity index (χ2v) is 25.0. The van der Waals surface area contributed by atoms with Gasteiger partial charge in [0.05, 0.1) is 53.9 Å². The van der Waals surface area contributed by atoms with Gasteiger partial charge in [-0.15, -0.1) is 18.9 Å². The Labute approximate surface area is 484 Å². The number of epoxide rings is 1. The van der Waals surface area contributed by atoms with Crippen molar-refractivity contribution < 1.29 is 72.9 Å². The number of allylic oxidation sites excluding steroid dienone is 5. The highest BCUT2D eigenvalue weighted by Gasteiger charge is 2.89. The molecule has 1 aromatic rings.